The maximum absolute atomic E-state index is 13.2. The van der Waals surface area contributed by atoms with Gasteiger partial charge in [0.25, 0.3) is 11.8 Å². The van der Waals surface area contributed by atoms with Gasteiger partial charge in [0.15, 0.2) is 0 Å². The first kappa shape index (κ1) is 39.9. The number of imide groups is 1. The minimum atomic E-state index is -4.70. The number of carbonyl (C=O) groups excluding carboxylic acids is 4. The number of pyridine rings is 1. The highest BCUT2D eigenvalue weighted by Gasteiger charge is 2.40. The predicted molar refractivity (Wildman–Crippen MR) is 203 cm³/mol. The van der Waals surface area contributed by atoms with Gasteiger partial charge in [-0.05, 0) is 102 Å². The van der Waals surface area contributed by atoms with Crippen LogP contribution in [-0.4, -0.2) is 86.1 Å². The Bertz CT molecular complexity index is 2190. The number of nitrogens with one attached hydrogen (secondary N) is 2. The number of aliphatic hydroxyl groups is 1. The van der Waals surface area contributed by atoms with Gasteiger partial charge in [0.1, 0.15) is 23.2 Å². The molecule has 0 radical (unpaired) electrons. The number of halogens is 3. The molecule has 13 nitrogen and oxygen atoms in total. The quantitative estimate of drug-likeness (QED) is 0.119. The van der Waals surface area contributed by atoms with Crippen molar-refractivity contribution in [3.63, 3.8) is 0 Å². The van der Waals surface area contributed by atoms with E-state index in [0.29, 0.717) is 41.3 Å². The average molecular weight is 790 g/mol. The molecule has 0 spiro atoms. The van der Waals surface area contributed by atoms with Gasteiger partial charge < -0.3 is 25.0 Å². The van der Waals surface area contributed by atoms with Crippen molar-refractivity contribution in [1.29, 1.82) is 0 Å². The molecule has 1 atom stereocenters. The molecule has 2 aromatic heterocycles. The SMILES string of the molecule is CN(CCCOc1cccc2c1CN(C1CCC(=O)NC1=O)C2=O)CC1CCC(n2cc3cc(NC(=O)c4cccc(C(F)(F)F)n4)c(C(C)(C)O)cc3n2)CC1. The molecule has 3 N–H and O–H groups in total. The van der Waals surface area contributed by atoms with Crippen molar-refractivity contribution < 1.29 is 42.2 Å². The van der Waals surface area contributed by atoms with Crippen LogP contribution < -0.4 is 15.4 Å². The van der Waals surface area contributed by atoms with E-state index in [1.165, 1.54) is 11.0 Å². The molecule has 1 saturated heterocycles. The van der Waals surface area contributed by atoms with Gasteiger partial charge in [0, 0.05) is 53.5 Å². The topological polar surface area (TPSA) is 159 Å². The van der Waals surface area contributed by atoms with Crippen LogP contribution in [-0.2, 0) is 27.9 Å². The van der Waals surface area contributed by atoms with Gasteiger partial charge in [-0.1, -0.05) is 12.1 Å². The van der Waals surface area contributed by atoms with Gasteiger partial charge in [-0.25, -0.2) is 4.98 Å². The third kappa shape index (κ3) is 8.81. The number of rotatable bonds is 12. The summed E-state index contributed by atoms with van der Waals surface area (Å²) in [6.45, 7) is 5.61. The Morgan fingerprint density at radius 1 is 1.05 bits per heavy atom. The number of carbonyl (C=O) groups is 4. The summed E-state index contributed by atoms with van der Waals surface area (Å²) in [5.41, 5.74) is -0.405. The highest BCUT2D eigenvalue weighted by molar-refractivity contribution is 6.06. The molecule has 302 valence electrons. The Morgan fingerprint density at radius 3 is 2.53 bits per heavy atom. The van der Waals surface area contributed by atoms with E-state index in [-0.39, 0.29) is 36.5 Å². The summed E-state index contributed by atoms with van der Waals surface area (Å²) in [6, 6.07) is 11.4. The summed E-state index contributed by atoms with van der Waals surface area (Å²) in [5.74, 6) is -0.682. The highest BCUT2D eigenvalue weighted by Crippen LogP contribution is 2.37. The van der Waals surface area contributed by atoms with Crippen molar-refractivity contribution >= 4 is 40.2 Å². The summed E-state index contributed by atoms with van der Waals surface area (Å²) in [4.78, 5) is 57.5. The number of piperidine rings is 1. The van der Waals surface area contributed by atoms with E-state index in [4.69, 9.17) is 9.84 Å². The van der Waals surface area contributed by atoms with Gasteiger partial charge in [0.2, 0.25) is 11.8 Å². The first-order chi connectivity index (χ1) is 27.0. The number of anilines is 1. The number of amides is 4. The minimum absolute atomic E-state index is 0.163. The van der Waals surface area contributed by atoms with Gasteiger partial charge in [0.05, 0.1) is 30.3 Å². The number of benzene rings is 2. The van der Waals surface area contributed by atoms with Crippen LogP contribution in [0.5, 0.6) is 5.75 Å². The zero-order valence-corrected chi connectivity index (χ0v) is 32.1. The fraction of sp³-hybridized carbons (Fsp3) is 0.463. The summed E-state index contributed by atoms with van der Waals surface area (Å²) >= 11 is 0. The Balaban J connectivity index is 0.903. The predicted octanol–water partition coefficient (Wildman–Crippen LogP) is 5.82. The second-order valence-corrected chi connectivity index (χ2v) is 15.8. The maximum Gasteiger partial charge on any atom is 0.433 e. The number of hydrogen-bond acceptors (Lipinski definition) is 9. The van der Waals surface area contributed by atoms with Gasteiger partial charge in [-0.15, -0.1) is 0 Å². The Kier molecular flexibility index (Phi) is 11.1. The molecule has 57 heavy (non-hydrogen) atoms. The molecule has 2 fully saturated rings. The van der Waals surface area contributed by atoms with Crippen LogP contribution in [0.25, 0.3) is 10.9 Å². The number of nitrogens with zero attached hydrogens (tertiary/aromatic N) is 5. The van der Waals surface area contributed by atoms with Crippen LogP contribution in [0.4, 0.5) is 18.9 Å². The van der Waals surface area contributed by atoms with Gasteiger partial charge >= 0.3 is 6.18 Å². The molecule has 1 aliphatic carbocycles. The van der Waals surface area contributed by atoms with Crippen molar-refractivity contribution in [3.05, 3.63) is 82.8 Å². The van der Waals surface area contributed by atoms with Crippen molar-refractivity contribution in [1.82, 2.24) is 29.9 Å². The number of alkyl halides is 3. The molecule has 1 unspecified atom stereocenters. The van der Waals surface area contributed by atoms with Crippen LogP contribution in [0.1, 0.15) is 103 Å². The summed E-state index contributed by atoms with van der Waals surface area (Å²) in [7, 11) is 2.10. The summed E-state index contributed by atoms with van der Waals surface area (Å²) < 4.78 is 47.8. The third-order valence-electron chi connectivity index (χ3n) is 11.1. The standard InChI is InChI=1S/C41H46F3N7O6/c1-40(2,56)29-20-31-25(19-32(29)46-37(53)30-8-5-10-35(45-30)41(42,43)44)22-51(48-31)26-13-11-24(12-14-26)21-49(3)17-6-18-57-34-9-4-7-27-28(34)23-50(39(27)55)33-15-16-36(52)47-38(33)54/h4-5,7-10,19-20,22,24,26,33,56H,6,11-18,21,23H2,1-3H3,(H,46,53)(H,47,52,54). The summed E-state index contributed by atoms with van der Waals surface area (Å²) in [6.07, 6.45) is 2.36. The second-order valence-electron chi connectivity index (χ2n) is 15.8. The van der Waals surface area contributed by atoms with Crippen LogP contribution in [0, 0.1) is 5.92 Å². The van der Waals surface area contributed by atoms with Crippen molar-refractivity contribution in [3.8, 4) is 5.75 Å². The number of ether oxygens (including phenoxy) is 1. The molecule has 4 aromatic rings. The van der Waals surface area contributed by atoms with Crippen LogP contribution >= 0.6 is 0 Å². The van der Waals surface area contributed by atoms with E-state index in [9.17, 15) is 37.5 Å². The Hall–Kier alpha value is -5.35. The molecule has 2 aromatic carbocycles. The highest BCUT2D eigenvalue weighted by atomic mass is 19.4. The molecular weight excluding hydrogens is 743 g/mol. The number of hydrogen-bond donors (Lipinski definition) is 3. The zero-order chi connectivity index (χ0) is 40.6. The number of fused-ring (bicyclic) bond motifs is 2. The summed E-state index contributed by atoms with van der Waals surface area (Å²) in [5, 5.41) is 21.5. The molecule has 4 amide bonds. The first-order valence-corrected chi connectivity index (χ1v) is 19.2. The van der Waals surface area contributed by atoms with E-state index < -0.39 is 41.0 Å². The van der Waals surface area contributed by atoms with Crippen LogP contribution in [0.15, 0.2) is 54.7 Å². The van der Waals surface area contributed by atoms with Crippen molar-refractivity contribution in [2.24, 2.45) is 5.92 Å². The molecule has 4 heterocycles. The fourth-order valence-electron chi connectivity index (χ4n) is 8.13. The molecule has 16 heteroatoms. The maximum atomic E-state index is 13.2. The van der Waals surface area contributed by atoms with Crippen LogP contribution in [0.3, 0.4) is 0 Å². The van der Waals surface area contributed by atoms with Crippen molar-refractivity contribution in [2.45, 2.75) is 89.2 Å². The molecule has 1 saturated carbocycles. The molecule has 2 aliphatic heterocycles. The molecule has 7 rings (SSSR count). The van der Waals surface area contributed by atoms with E-state index in [2.05, 4.69) is 27.6 Å². The Morgan fingerprint density at radius 2 is 1.81 bits per heavy atom. The lowest BCUT2D eigenvalue weighted by molar-refractivity contribution is -0.141. The average Bonchev–Trinajstić information content (AvgIpc) is 3.73. The molecule has 0 bridgehead atoms. The fourth-order valence-corrected chi connectivity index (χ4v) is 8.13. The van der Waals surface area contributed by atoms with E-state index in [0.717, 1.165) is 68.3 Å². The van der Waals surface area contributed by atoms with E-state index >= 15 is 0 Å². The first-order valence-electron chi connectivity index (χ1n) is 19.2. The largest absolute Gasteiger partial charge is 0.493 e. The lowest BCUT2D eigenvalue weighted by atomic mass is 9.86. The third-order valence-corrected chi connectivity index (χ3v) is 11.1. The normalized spacial score (nSPS) is 20.2. The zero-order valence-electron chi connectivity index (χ0n) is 32.1. The minimum Gasteiger partial charge on any atom is -0.493 e. The van der Waals surface area contributed by atoms with E-state index in [1.807, 2.05) is 16.9 Å². The lowest BCUT2D eigenvalue weighted by Crippen LogP contribution is -2.52. The molecule has 3 aliphatic rings. The van der Waals surface area contributed by atoms with Crippen molar-refractivity contribution in [2.75, 3.05) is 32.1 Å². The second kappa shape index (κ2) is 15.9. The smallest absolute Gasteiger partial charge is 0.433 e. The Labute approximate surface area is 327 Å². The lowest BCUT2D eigenvalue weighted by Gasteiger charge is -2.31. The van der Waals surface area contributed by atoms with Gasteiger partial charge in [-0.2, -0.15) is 18.3 Å². The monoisotopic (exact) mass is 789 g/mol. The van der Waals surface area contributed by atoms with Gasteiger partial charge in [-0.3, -0.25) is 29.2 Å². The van der Waals surface area contributed by atoms with E-state index in [1.54, 1.807) is 38.1 Å². The van der Waals surface area contributed by atoms with Crippen LogP contribution in [0.2, 0.25) is 0 Å². The number of aromatic nitrogens is 3. The molecular formula is C41H46F3N7O6.